The second-order valence-electron chi connectivity index (χ2n) is 4.31. The normalized spacial score (nSPS) is 10.8. The molecule has 1 aromatic carbocycles. The first-order valence-corrected chi connectivity index (χ1v) is 6.93. The van der Waals surface area contributed by atoms with Gasteiger partial charge >= 0.3 is 0 Å². The molecule has 0 saturated carbocycles. The number of aromatic amines is 1. The third-order valence-electron chi connectivity index (χ3n) is 3.15. The van der Waals surface area contributed by atoms with Crippen LogP contribution in [0, 0.1) is 0 Å². The first-order chi connectivity index (χ1) is 10.2. The second kappa shape index (κ2) is 5.25. The molecule has 0 unspecified atom stereocenters. The molecule has 0 fully saturated rings. The lowest BCUT2D eigenvalue weighted by Crippen LogP contribution is -2.14. The van der Waals surface area contributed by atoms with Gasteiger partial charge in [-0.2, -0.15) is 9.61 Å². The highest BCUT2D eigenvalue weighted by atomic mass is 79.9. The van der Waals surface area contributed by atoms with E-state index in [1.807, 2.05) is 18.2 Å². The van der Waals surface area contributed by atoms with Gasteiger partial charge in [0.05, 0.1) is 36.1 Å². The molecule has 108 valence electrons. The summed E-state index contributed by atoms with van der Waals surface area (Å²) in [6, 6.07) is 6.91. The summed E-state index contributed by atoms with van der Waals surface area (Å²) in [5.74, 6) is 1.23. The van der Waals surface area contributed by atoms with Crippen molar-refractivity contribution in [2.24, 2.45) is 0 Å². The topological polar surface area (TPSA) is 68.6 Å². The van der Waals surface area contributed by atoms with Gasteiger partial charge in [0, 0.05) is 6.07 Å². The highest BCUT2D eigenvalue weighted by molar-refractivity contribution is 9.10. The summed E-state index contributed by atoms with van der Waals surface area (Å²) in [5, 5.41) is 4.00. The maximum atomic E-state index is 12.2. The van der Waals surface area contributed by atoms with Crippen LogP contribution < -0.4 is 15.0 Å². The molecule has 7 heteroatoms. The molecule has 0 amide bonds. The standard InChI is InChI=1S/C14H12BrN3O3/c1-20-10-4-3-5-11(21-2)13(10)9-6-12(19)18-14(17-9)8(15)7-16-18/h3-7,17H,1-2H3. The number of hydrogen-bond acceptors (Lipinski definition) is 4. The van der Waals surface area contributed by atoms with Gasteiger partial charge in [-0.1, -0.05) is 6.07 Å². The third-order valence-corrected chi connectivity index (χ3v) is 3.73. The molecule has 1 N–H and O–H groups in total. The number of halogens is 1. The average Bonchev–Trinajstić information content (AvgIpc) is 2.88. The summed E-state index contributed by atoms with van der Waals surface area (Å²) in [7, 11) is 3.15. The Morgan fingerprint density at radius 1 is 1.24 bits per heavy atom. The molecule has 2 aromatic heterocycles. The van der Waals surface area contributed by atoms with Gasteiger partial charge in [0.25, 0.3) is 5.56 Å². The van der Waals surface area contributed by atoms with Gasteiger partial charge in [0.15, 0.2) is 5.65 Å². The van der Waals surface area contributed by atoms with Gasteiger partial charge < -0.3 is 14.5 Å². The third kappa shape index (κ3) is 2.19. The number of fused-ring (bicyclic) bond motifs is 1. The molecule has 0 aliphatic carbocycles. The second-order valence-corrected chi connectivity index (χ2v) is 5.17. The van der Waals surface area contributed by atoms with Gasteiger partial charge in [0.2, 0.25) is 0 Å². The minimum Gasteiger partial charge on any atom is -0.496 e. The fourth-order valence-corrected chi connectivity index (χ4v) is 2.57. The molecule has 0 aliphatic rings. The Morgan fingerprint density at radius 2 is 1.90 bits per heavy atom. The van der Waals surface area contributed by atoms with E-state index in [4.69, 9.17) is 9.47 Å². The minimum atomic E-state index is -0.239. The zero-order valence-corrected chi connectivity index (χ0v) is 13.0. The van der Waals surface area contributed by atoms with Crippen LogP contribution in [-0.2, 0) is 0 Å². The Kier molecular flexibility index (Phi) is 3.42. The van der Waals surface area contributed by atoms with E-state index in [2.05, 4.69) is 26.0 Å². The number of aromatic nitrogens is 3. The molecular formula is C14H12BrN3O3. The predicted molar refractivity (Wildman–Crippen MR) is 82.1 cm³/mol. The monoisotopic (exact) mass is 349 g/mol. The molecule has 6 nitrogen and oxygen atoms in total. The van der Waals surface area contributed by atoms with E-state index in [-0.39, 0.29) is 5.56 Å². The average molecular weight is 350 g/mol. The quantitative estimate of drug-likeness (QED) is 0.788. The number of rotatable bonds is 3. The van der Waals surface area contributed by atoms with Crippen molar-refractivity contribution in [1.29, 1.82) is 0 Å². The largest absolute Gasteiger partial charge is 0.496 e. The number of nitrogens with zero attached hydrogens (tertiary/aromatic N) is 2. The number of ether oxygens (including phenoxy) is 2. The Morgan fingerprint density at radius 3 is 2.52 bits per heavy atom. The Labute approximate surface area is 128 Å². The summed E-state index contributed by atoms with van der Waals surface area (Å²) >= 11 is 3.36. The van der Waals surface area contributed by atoms with Crippen LogP contribution in [0.3, 0.4) is 0 Å². The number of methoxy groups -OCH3 is 2. The van der Waals surface area contributed by atoms with Crippen LogP contribution in [-0.4, -0.2) is 28.8 Å². The van der Waals surface area contributed by atoms with Crippen LogP contribution in [0.15, 0.2) is 39.7 Å². The van der Waals surface area contributed by atoms with Crippen LogP contribution in [0.5, 0.6) is 11.5 Å². The van der Waals surface area contributed by atoms with Gasteiger partial charge in [0.1, 0.15) is 11.5 Å². The van der Waals surface area contributed by atoms with Crippen LogP contribution in [0.25, 0.3) is 16.9 Å². The van der Waals surface area contributed by atoms with E-state index >= 15 is 0 Å². The number of hydrogen-bond donors (Lipinski definition) is 1. The zero-order valence-electron chi connectivity index (χ0n) is 11.4. The lowest BCUT2D eigenvalue weighted by molar-refractivity contribution is 0.397. The zero-order chi connectivity index (χ0) is 15.0. The molecule has 0 aliphatic heterocycles. The fourth-order valence-electron chi connectivity index (χ4n) is 2.21. The van der Waals surface area contributed by atoms with Crippen molar-refractivity contribution < 1.29 is 9.47 Å². The minimum absolute atomic E-state index is 0.239. The first kappa shape index (κ1) is 13.7. The van der Waals surface area contributed by atoms with Crippen LogP contribution >= 0.6 is 15.9 Å². The lowest BCUT2D eigenvalue weighted by atomic mass is 10.1. The van der Waals surface area contributed by atoms with E-state index in [1.165, 1.54) is 10.6 Å². The maximum absolute atomic E-state index is 12.2. The Hall–Kier alpha value is -2.28. The lowest BCUT2D eigenvalue weighted by Gasteiger charge is -2.13. The molecular weight excluding hydrogens is 338 g/mol. The van der Waals surface area contributed by atoms with Crippen molar-refractivity contribution >= 4 is 21.6 Å². The van der Waals surface area contributed by atoms with Crippen molar-refractivity contribution in [2.45, 2.75) is 0 Å². The maximum Gasteiger partial charge on any atom is 0.274 e. The van der Waals surface area contributed by atoms with Crippen molar-refractivity contribution in [3.63, 3.8) is 0 Å². The van der Waals surface area contributed by atoms with Crippen molar-refractivity contribution in [2.75, 3.05) is 14.2 Å². The van der Waals surface area contributed by atoms with Crippen LogP contribution in [0.1, 0.15) is 0 Å². The molecule has 2 heterocycles. The summed E-state index contributed by atoms with van der Waals surface area (Å²) in [5.41, 5.74) is 1.63. The Balaban J connectivity index is 2.35. The van der Waals surface area contributed by atoms with Crippen molar-refractivity contribution in [3.8, 4) is 22.8 Å². The molecule has 0 atom stereocenters. The van der Waals surface area contributed by atoms with Gasteiger partial charge in [-0.3, -0.25) is 4.79 Å². The van der Waals surface area contributed by atoms with E-state index in [0.29, 0.717) is 32.9 Å². The number of H-pyrrole nitrogens is 1. The van der Waals surface area contributed by atoms with Gasteiger partial charge in [-0.15, -0.1) is 0 Å². The van der Waals surface area contributed by atoms with E-state index in [0.717, 1.165) is 0 Å². The number of benzene rings is 1. The SMILES string of the molecule is COc1cccc(OC)c1-c1cc(=O)n2ncc(Br)c2[nH]1. The van der Waals surface area contributed by atoms with Crippen molar-refractivity contribution in [3.05, 3.63) is 45.3 Å². The summed E-state index contributed by atoms with van der Waals surface area (Å²) < 4.78 is 12.7. The molecule has 3 rings (SSSR count). The first-order valence-electron chi connectivity index (χ1n) is 6.13. The highest BCUT2D eigenvalue weighted by Gasteiger charge is 2.15. The summed E-state index contributed by atoms with van der Waals surface area (Å²) in [4.78, 5) is 15.3. The molecule has 0 radical (unpaired) electrons. The molecule has 0 bridgehead atoms. The van der Waals surface area contributed by atoms with E-state index in [1.54, 1.807) is 20.4 Å². The molecule has 21 heavy (non-hydrogen) atoms. The smallest absolute Gasteiger partial charge is 0.274 e. The van der Waals surface area contributed by atoms with Crippen LogP contribution in [0.2, 0.25) is 0 Å². The fraction of sp³-hybridized carbons (Fsp3) is 0.143. The summed E-state index contributed by atoms with van der Waals surface area (Å²) in [6.07, 6.45) is 1.57. The van der Waals surface area contributed by atoms with Crippen molar-refractivity contribution in [1.82, 2.24) is 14.6 Å². The van der Waals surface area contributed by atoms with E-state index < -0.39 is 0 Å². The molecule has 0 spiro atoms. The Bertz CT molecular complexity index is 847. The predicted octanol–water partition coefficient (Wildman–Crippen LogP) is 2.47. The molecule has 3 aromatic rings. The van der Waals surface area contributed by atoms with Gasteiger partial charge in [-0.25, -0.2) is 0 Å². The summed E-state index contributed by atoms with van der Waals surface area (Å²) in [6.45, 7) is 0. The van der Waals surface area contributed by atoms with E-state index in [9.17, 15) is 4.79 Å². The van der Waals surface area contributed by atoms with Gasteiger partial charge in [-0.05, 0) is 28.1 Å². The number of nitrogens with one attached hydrogen (secondary N) is 1. The molecule has 0 saturated heterocycles. The highest BCUT2D eigenvalue weighted by Crippen LogP contribution is 2.37. The van der Waals surface area contributed by atoms with Crippen LogP contribution in [0.4, 0.5) is 0 Å².